The molecule has 14 heavy (non-hydrogen) atoms. The topological polar surface area (TPSA) is 26.3 Å². The first-order valence-electron chi connectivity index (χ1n) is 4.33. The van der Waals surface area contributed by atoms with Gasteiger partial charge in [0.1, 0.15) is 12.4 Å². The smallest absolute Gasteiger partial charge is 0.163 e. The summed E-state index contributed by atoms with van der Waals surface area (Å²) in [5.74, 6) is 2.91. The molecule has 0 atom stereocenters. The van der Waals surface area contributed by atoms with E-state index in [0.29, 0.717) is 11.3 Å². The number of carbonyl (C=O) groups excluding carboxylic acids is 1. The molecular weight excluding hydrogens is 176 g/mol. The second-order valence-corrected chi connectivity index (χ2v) is 3.05. The Bertz CT molecular complexity index is 386. The van der Waals surface area contributed by atoms with Crippen LogP contribution in [0.2, 0.25) is 0 Å². The lowest BCUT2D eigenvalue weighted by atomic mass is 10.1. The van der Waals surface area contributed by atoms with Crippen molar-refractivity contribution >= 4 is 5.78 Å². The van der Waals surface area contributed by atoms with Crippen LogP contribution in [-0.4, -0.2) is 12.4 Å². The van der Waals surface area contributed by atoms with Crippen LogP contribution in [0.25, 0.3) is 0 Å². The fourth-order valence-electron chi connectivity index (χ4n) is 1.16. The highest BCUT2D eigenvalue weighted by molar-refractivity contribution is 5.97. The summed E-state index contributed by atoms with van der Waals surface area (Å²) < 4.78 is 5.25. The summed E-state index contributed by atoms with van der Waals surface area (Å²) in [7, 11) is 0. The first-order valence-corrected chi connectivity index (χ1v) is 4.33. The average molecular weight is 188 g/mol. The number of carbonyl (C=O) groups is 1. The molecule has 0 fully saturated rings. The van der Waals surface area contributed by atoms with Crippen LogP contribution in [0.5, 0.6) is 5.75 Å². The van der Waals surface area contributed by atoms with Crippen molar-refractivity contribution in [1.82, 2.24) is 0 Å². The Morgan fingerprint density at radius 2 is 2.29 bits per heavy atom. The largest absolute Gasteiger partial charge is 0.480 e. The van der Waals surface area contributed by atoms with E-state index >= 15 is 0 Å². The second-order valence-electron chi connectivity index (χ2n) is 3.05. The van der Waals surface area contributed by atoms with Gasteiger partial charge in [-0.3, -0.25) is 4.79 Å². The molecule has 0 saturated carbocycles. The van der Waals surface area contributed by atoms with Gasteiger partial charge < -0.3 is 4.74 Å². The van der Waals surface area contributed by atoms with Crippen molar-refractivity contribution < 1.29 is 9.53 Å². The zero-order valence-corrected chi connectivity index (χ0v) is 8.33. The summed E-state index contributed by atoms with van der Waals surface area (Å²) in [5.41, 5.74) is 1.61. The van der Waals surface area contributed by atoms with E-state index < -0.39 is 0 Å². The summed E-state index contributed by atoms with van der Waals surface area (Å²) >= 11 is 0. The van der Waals surface area contributed by atoms with Gasteiger partial charge in [0.05, 0.1) is 5.56 Å². The molecule has 72 valence electrons. The number of ketones is 1. The Morgan fingerprint density at radius 3 is 2.86 bits per heavy atom. The van der Waals surface area contributed by atoms with Crippen LogP contribution < -0.4 is 4.74 Å². The number of hydrogen-bond acceptors (Lipinski definition) is 2. The highest BCUT2D eigenvalue weighted by Crippen LogP contribution is 2.20. The Balaban J connectivity index is 3.03. The highest BCUT2D eigenvalue weighted by Gasteiger charge is 2.07. The van der Waals surface area contributed by atoms with E-state index in [-0.39, 0.29) is 12.4 Å². The predicted molar refractivity (Wildman–Crippen MR) is 55.5 cm³/mol. The van der Waals surface area contributed by atoms with E-state index in [1.165, 1.54) is 6.92 Å². The van der Waals surface area contributed by atoms with Crippen molar-refractivity contribution in [2.75, 3.05) is 6.61 Å². The van der Waals surface area contributed by atoms with Gasteiger partial charge in [0, 0.05) is 0 Å². The van der Waals surface area contributed by atoms with Gasteiger partial charge in [-0.1, -0.05) is 17.6 Å². The maximum atomic E-state index is 11.2. The summed E-state index contributed by atoms with van der Waals surface area (Å²) in [5, 5.41) is 0. The van der Waals surface area contributed by atoms with Gasteiger partial charge in [-0.05, 0) is 26.0 Å². The minimum Gasteiger partial charge on any atom is -0.480 e. The maximum absolute atomic E-state index is 11.2. The molecule has 0 spiro atoms. The van der Waals surface area contributed by atoms with E-state index in [2.05, 4.69) is 5.92 Å². The van der Waals surface area contributed by atoms with E-state index in [1.807, 2.05) is 13.0 Å². The molecule has 0 aromatic heterocycles. The lowest BCUT2D eigenvalue weighted by Gasteiger charge is -2.07. The molecule has 0 amide bonds. The van der Waals surface area contributed by atoms with Gasteiger partial charge in [-0.15, -0.1) is 6.42 Å². The maximum Gasteiger partial charge on any atom is 0.163 e. The van der Waals surface area contributed by atoms with Gasteiger partial charge in [-0.2, -0.15) is 0 Å². The lowest BCUT2D eigenvalue weighted by Crippen LogP contribution is -2.01. The predicted octanol–water partition coefficient (Wildman–Crippen LogP) is 2.21. The molecule has 0 aliphatic rings. The SMILES string of the molecule is C#CCOc1ccc(C)cc1C(C)=O. The average Bonchev–Trinajstić information content (AvgIpc) is 2.15. The van der Waals surface area contributed by atoms with Crippen molar-refractivity contribution in [3.8, 4) is 18.1 Å². The van der Waals surface area contributed by atoms with Crippen LogP contribution in [0, 0.1) is 19.3 Å². The molecule has 0 saturated heterocycles. The number of hydrogen-bond donors (Lipinski definition) is 0. The number of aryl methyl sites for hydroxylation is 1. The van der Waals surface area contributed by atoms with E-state index in [0.717, 1.165) is 5.56 Å². The van der Waals surface area contributed by atoms with E-state index in [4.69, 9.17) is 11.2 Å². The molecule has 0 aliphatic heterocycles. The molecule has 1 aromatic carbocycles. The summed E-state index contributed by atoms with van der Waals surface area (Å²) in [4.78, 5) is 11.2. The number of Topliss-reactive ketones (excluding diaryl/α,β-unsaturated/α-hetero) is 1. The van der Waals surface area contributed by atoms with Gasteiger partial charge in [0.15, 0.2) is 5.78 Å². The third-order valence-electron chi connectivity index (χ3n) is 1.83. The molecule has 0 aliphatic carbocycles. The Hall–Kier alpha value is -1.75. The van der Waals surface area contributed by atoms with Crippen LogP contribution in [0.15, 0.2) is 18.2 Å². The van der Waals surface area contributed by atoms with Crippen LogP contribution in [0.1, 0.15) is 22.8 Å². The third kappa shape index (κ3) is 2.37. The summed E-state index contributed by atoms with van der Waals surface area (Å²) in [6, 6.07) is 5.45. The fraction of sp³-hybridized carbons (Fsp3) is 0.250. The standard InChI is InChI=1S/C12H12O2/c1-4-7-14-12-6-5-9(2)8-11(12)10(3)13/h1,5-6,8H,7H2,2-3H3. The Labute approximate surface area is 83.9 Å². The molecule has 0 heterocycles. The number of terminal acetylenes is 1. The number of rotatable bonds is 3. The van der Waals surface area contributed by atoms with Crippen LogP contribution in [0.4, 0.5) is 0 Å². The Morgan fingerprint density at radius 1 is 1.57 bits per heavy atom. The van der Waals surface area contributed by atoms with Crippen LogP contribution >= 0.6 is 0 Å². The summed E-state index contributed by atoms with van der Waals surface area (Å²) in [6.45, 7) is 3.62. The summed E-state index contributed by atoms with van der Waals surface area (Å²) in [6.07, 6.45) is 5.07. The van der Waals surface area contributed by atoms with Crippen molar-refractivity contribution in [2.45, 2.75) is 13.8 Å². The lowest BCUT2D eigenvalue weighted by molar-refractivity contribution is 0.101. The van der Waals surface area contributed by atoms with E-state index in [1.54, 1.807) is 12.1 Å². The fourth-order valence-corrected chi connectivity index (χ4v) is 1.16. The second kappa shape index (κ2) is 4.48. The molecule has 1 aromatic rings. The van der Waals surface area contributed by atoms with Crippen molar-refractivity contribution in [3.63, 3.8) is 0 Å². The zero-order chi connectivity index (χ0) is 10.6. The molecular formula is C12H12O2. The van der Waals surface area contributed by atoms with Gasteiger partial charge in [0.25, 0.3) is 0 Å². The third-order valence-corrected chi connectivity index (χ3v) is 1.83. The highest BCUT2D eigenvalue weighted by atomic mass is 16.5. The molecule has 0 unspecified atom stereocenters. The van der Waals surface area contributed by atoms with Crippen molar-refractivity contribution in [3.05, 3.63) is 29.3 Å². The van der Waals surface area contributed by atoms with E-state index in [9.17, 15) is 4.79 Å². The van der Waals surface area contributed by atoms with Gasteiger partial charge in [-0.25, -0.2) is 0 Å². The minimum atomic E-state index is -0.0132. The van der Waals surface area contributed by atoms with Gasteiger partial charge >= 0.3 is 0 Å². The molecule has 1 rings (SSSR count). The number of ether oxygens (including phenoxy) is 1. The van der Waals surface area contributed by atoms with Crippen LogP contribution in [-0.2, 0) is 0 Å². The molecule has 0 N–H and O–H groups in total. The van der Waals surface area contributed by atoms with Gasteiger partial charge in [0.2, 0.25) is 0 Å². The van der Waals surface area contributed by atoms with Crippen LogP contribution in [0.3, 0.4) is 0 Å². The first-order chi connectivity index (χ1) is 6.65. The Kier molecular flexibility index (Phi) is 3.30. The first kappa shape index (κ1) is 10.3. The quantitative estimate of drug-likeness (QED) is 0.537. The zero-order valence-electron chi connectivity index (χ0n) is 8.33. The normalized spacial score (nSPS) is 9.21. The molecule has 0 radical (unpaired) electrons. The van der Waals surface area contributed by atoms with Crippen molar-refractivity contribution in [1.29, 1.82) is 0 Å². The minimum absolute atomic E-state index is 0.0132. The number of benzene rings is 1. The monoisotopic (exact) mass is 188 g/mol. The molecule has 2 heteroatoms. The molecule has 0 bridgehead atoms. The molecule has 2 nitrogen and oxygen atoms in total. The van der Waals surface area contributed by atoms with Crippen molar-refractivity contribution in [2.24, 2.45) is 0 Å².